The van der Waals surface area contributed by atoms with Gasteiger partial charge in [-0.1, -0.05) is 0 Å². The molecule has 0 aromatic rings. The summed E-state index contributed by atoms with van der Waals surface area (Å²) in [5.74, 6) is -0.393. The molecule has 0 bridgehead atoms. The number of rotatable bonds is 1. The first-order valence-electron chi connectivity index (χ1n) is 5.52. The molecule has 0 aliphatic carbocycles. The normalized spacial score (nSPS) is 22.1. The van der Waals surface area contributed by atoms with Gasteiger partial charge in [0.2, 0.25) is 0 Å². The van der Waals surface area contributed by atoms with E-state index in [1.807, 2.05) is 27.7 Å². The third kappa shape index (κ3) is 3.47. The van der Waals surface area contributed by atoms with Crippen molar-refractivity contribution in [3.05, 3.63) is 11.6 Å². The first-order chi connectivity index (χ1) is 7.74. The van der Waals surface area contributed by atoms with Gasteiger partial charge in [0.25, 0.3) is 0 Å². The van der Waals surface area contributed by atoms with E-state index in [-0.39, 0.29) is 12.1 Å². The van der Waals surface area contributed by atoms with Crippen LogP contribution in [0.4, 0.5) is 4.79 Å². The molecule has 1 amide bonds. The molecule has 0 saturated carbocycles. The lowest BCUT2D eigenvalue weighted by Gasteiger charge is -2.41. The number of carbonyl (C=O) groups excluding carboxylic acids is 2. The Labute approximate surface area is 101 Å². The lowest BCUT2D eigenvalue weighted by Crippen LogP contribution is -2.53. The van der Waals surface area contributed by atoms with Crippen LogP contribution in [0.15, 0.2) is 11.6 Å². The lowest BCUT2D eigenvalue weighted by molar-refractivity contribution is -0.135. The molecule has 1 heterocycles. The number of nitrogens with zero attached hydrogens (tertiary/aromatic N) is 1. The maximum Gasteiger partial charge on any atom is 0.411 e. The molecular formula is C12H19NO4. The third-order valence-corrected chi connectivity index (χ3v) is 2.49. The fourth-order valence-electron chi connectivity index (χ4n) is 1.47. The van der Waals surface area contributed by atoms with E-state index in [0.29, 0.717) is 6.54 Å². The van der Waals surface area contributed by atoms with Crippen LogP contribution in [-0.2, 0) is 14.3 Å². The van der Waals surface area contributed by atoms with Crippen molar-refractivity contribution in [2.75, 3.05) is 13.7 Å². The lowest BCUT2D eigenvalue weighted by atomic mass is 9.98. The van der Waals surface area contributed by atoms with Crippen LogP contribution in [0.25, 0.3) is 0 Å². The summed E-state index contributed by atoms with van der Waals surface area (Å²) < 4.78 is 9.77. The number of esters is 1. The molecule has 1 rings (SSSR count). The Kier molecular flexibility index (Phi) is 3.80. The van der Waals surface area contributed by atoms with Crippen molar-refractivity contribution < 1.29 is 19.1 Å². The van der Waals surface area contributed by atoms with Crippen LogP contribution in [0.5, 0.6) is 0 Å². The summed E-state index contributed by atoms with van der Waals surface area (Å²) in [7, 11) is 1.33. The van der Waals surface area contributed by atoms with Crippen LogP contribution in [0.1, 0.15) is 27.7 Å². The predicted molar refractivity (Wildman–Crippen MR) is 62.5 cm³/mol. The molecule has 0 N–H and O–H groups in total. The molecule has 0 radical (unpaired) electrons. The van der Waals surface area contributed by atoms with Gasteiger partial charge in [0, 0.05) is 12.6 Å². The van der Waals surface area contributed by atoms with Gasteiger partial charge in [-0.25, -0.2) is 9.59 Å². The van der Waals surface area contributed by atoms with E-state index in [2.05, 4.69) is 4.74 Å². The van der Waals surface area contributed by atoms with Gasteiger partial charge in [-0.3, -0.25) is 4.90 Å². The van der Waals surface area contributed by atoms with E-state index >= 15 is 0 Å². The maximum atomic E-state index is 11.7. The van der Waals surface area contributed by atoms with Gasteiger partial charge in [-0.15, -0.1) is 0 Å². The zero-order valence-corrected chi connectivity index (χ0v) is 10.9. The maximum absolute atomic E-state index is 11.7. The Hall–Kier alpha value is -1.52. The number of methoxy groups -OCH3 is 1. The van der Waals surface area contributed by atoms with Crippen molar-refractivity contribution in [3.63, 3.8) is 0 Å². The summed E-state index contributed by atoms with van der Waals surface area (Å²) in [5, 5.41) is 0. The van der Waals surface area contributed by atoms with Gasteiger partial charge >= 0.3 is 12.1 Å². The number of carbonyl (C=O) groups is 2. The fraction of sp³-hybridized carbons (Fsp3) is 0.667. The molecule has 1 unspecified atom stereocenters. The zero-order valence-electron chi connectivity index (χ0n) is 10.9. The molecule has 5 heteroatoms. The van der Waals surface area contributed by atoms with Crippen LogP contribution in [0, 0.1) is 0 Å². The third-order valence-electron chi connectivity index (χ3n) is 2.49. The highest BCUT2D eigenvalue weighted by Gasteiger charge is 2.36. The Balaban J connectivity index is 2.55. The summed E-state index contributed by atoms with van der Waals surface area (Å²) in [6.07, 6.45) is 1.07. The Morgan fingerprint density at radius 2 is 2.00 bits per heavy atom. The Bertz CT molecular complexity index is 354. The van der Waals surface area contributed by atoms with Gasteiger partial charge in [-0.05, 0) is 33.3 Å². The van der Waals surface area contributed by atoms with Crippen LogP contribution >= 0.6 is 0 Å². The Morgan fingerprint density at radius 1 is 1.41 bits per heavy atom. The number of amides is 1. The minimum atomic E-state index is -0.501. The van der Waals surface area contributed by atoms with Crippen molar-refractivity contribution >= 4 is 12.1 Å². The second-order valence-electron chi connectivity index (χ2n) is 5.03. The number of likely N-dealkylation sites (tertiary alicyclic amines) is 1. The van der Waals surface area contributed by atoms with Gasteiger partial charge < -0.3 is 9.47 Å². The summed E-state index contributed by atoms with van der Waals surface area (Å²) in [5.41, 5.74) is 0.376. The van der Waals surface area contributed by atoms with Crippen LogP contribution in [0.3, 0.4) is 0 Å². The summed E-state index contributed by atoms with van der Waals surface area (Å²) in [6.45, 7) is 7.73. The van der Waals surface area contributed by atoms with E-state index < -0.39 is 11.6 Å². The SMILES string of the molecule is COC(=O)/C=C1\CN(C(=O)OC(C)(C)C)C1C. The molecular weight excluding hydrogens is 222 g/mol. The molecule has 1 aliphatic heterocycles. The van der Waals surface area contributed by atoms with Gasteiger partial charge in [-0.2, -0.15) is 0 Å². The number of hydrogen-bond donors (Lipinski definition) is 0. The number of hydrogen-bond acceptors (Lipinski definition) is 4. The average molecular weight is 241 g/mol. The van der Waals surface area contributed by atoms with E-state index in [1.165, 1.54) is 13.2 Å². The van der Waals surface area contributed by atoms with E-state index in [9.17, 15) is 9.59 Å². The van der Waals surface area contributed by atoms with E-state index in [4.69, 9.17) is 4.74 Å². The minimum absolute atomic E-state index is 0.107. The Morgan fingerprint density at radius 3 is 2.41 bits per heavy atom. The first-order valence-corrected chi connectivity index (χ1v) is 5.52. The second-order valence-corrected chi connectivity index (χ2v) is 5.03. The summed E-state index contributed by atoms with van der Waals surface area (Å²) in [6, 6.07) is -0.107. The average Bonchev–Trinajstić information content (AvgIpc) is 2.19. The standard InChI is InChI=1S/C12H19NO4/c1-8-9(6-10(14)16-5)7-13(8)11(15)17-12(2,3)4/h6,8H,7H2,1-5H3/b9-6+. The van der Waals surface area contributed by atoms with Gasteiger partial charge in [0.05, 0.1) is 13.2 Å². The van der Waals surface area contributed by atoms with Crippen molar-refractivity contribution in [1.82, 2.24) is 4.90 Å². The highest BCUT2D eigenvalue weighted by atomic mass is 16.6. The van der Waals surface area contributed by atoms with Gasteiger partial charge in [0.15, 0.2) is 0 Å². The number of ether oxygens (including phenoxy) is 2. The fourth-order valence-corrected chi connectivity index (χ4v) is 1.47. The highest BCUT2D eigenvalue weighted by molar-refractivity contribution is 5.84. The smallest absolute Gasteiger partial charge is 0.411 e. The molecule has 1 saturated heterocycles. The van der Waals surface area contributed by atoms with E-state index in [1.54, 1.807) is 4.90 Å². The highest BCUT2D eigenvalue weighted by Crippen LogP contribution is 2.25. The van der Waals surface area contributed by atoms with Crippen molar-refractivity contribution in [3.8, 4) is 0 Å². The molecule has 0 aromatic carbocycles. The minimum Gasteiger partial charge on any atom is -0.466 e. The van der Waals surface area contributed by atoms with Crippen molar-refractivity contribution in [2.45, 2.75) is 39.3 Å². The van der Waals surface area contributed by atoms with E-state index in [0.717, 1.165) is 5.57 Å². The van der Waals surface area contributed by atoms with Crippen LogP contribution in [-0.4, -0.2) is 42.3 Å². The summed E-state index contributed by atoms with van der Waals surface area (Å²) >= 11 is 0. The van der Waals surface area contributed by atoms with Crippen LogP contribution in [0.2, 0.25) is 0 Å². The molecule has 96 valence electrons. The molecule has 5 nitrogen and oxygen atoms in total. The van der Waals surface area contributed by atoms with Crippen molar-refractivity contribution in [1.29, 1.82) is 0 Å². The van der Waals surface area contributed by atoms with Crippen LogP contribution < -0.4 is 0 Å². The quantitative estimate of drug-likeness (QED) is 0.518. The molecule has 17 heavy (non-hydrogen) atoms. The summed E-state index contributed by atoms with van der Waals surface area (Å²) in [4.78, 5) is 24.3. The topological polar surface area (TPSA) is 55.8 Å². The van der Waals surface area contributed by atoms with Crippen molar-refractivity contribution in [2.24, 2.45) is 0 Å². The first kappa shape index (κ1) is 13.5. The van der Waals surface area contributed by atoms with Gasteiger partial charge in [0.1, 0.15) is 5.60 Å². The predicted octanol–water partition coefficient (Wildman–Crippen LogP) is 1.72. The monoisotopic (exact) mass is 241 g/mol. The molecule has 1 fully saturated rings. The molecule has 0 aromatic heterocycles. The second kappa shape index (κ2) is 4.77. The molecule has 1 aliphatic rings. The largest absolute Gasteiger partial charge is 0.466 e. The zero-order chi connectivity index (χ0) is 13.2. The molecule has 0 spiro atoms. The molecule has 1 atom stereocenters.